The van der Waals surface area contributed by atoms with E-state index in [9.17, 15) is 19.1 Å². The average Bonchev–Trinajstić information content (AvgIpc) is 2.85. The van der Waals surface area contributed by atoms with Gasteiger partial charge >= 0.3 is 5.97 Å². The number of halogens is 2. The smallest absolute Gasteiger partial charge is 0.330 e. The second kappa shape index (κ2) is 11.8. The summed E-state index contributed by atoms with van der Waals surface area (Å²) in [4.78, 5) is 28.1. The van der Waals surface area contributed by atoms with Gasteiger partial charge < -0.3 is 25.6 Å². The highest BCUT2D eigenvalue weighted by Crippen LogP contribution is 2.33. The van der Waals surface area contributed by atoms with Crippen molar-refractivity contribution in [3.8, 4) is 11.5 Å². The summed E-state index contributed by atoms with van der Waals surface area (Å²) in [5.74, 6) is -3.18. The highest BCUT2D eigenvalue weighted by Gasteiger charge is 2.27. The van der Waals surface area contributed by atoms with Crippen LogP contribution in [-0.2, 0) is 4.79 Å². The number of carbonyl (C=O) groups is 2. The normalized spacial score (nSPS) is 12.1. The number of rotatable bonds is 10. The minimum absolute atomic E-state index is 0.0810. The van der Waals surface area contributed by atoms with Gasteiger partial charge in [-0.25, -0.2) is 13.6 Å². The second-order valence-corrected chi connectivity index (χ2v) is 7.49. The number of amides is 1. The third-order valence-electron chi connectivity index (χ3n) is 5.01. The summed E-state index contributed by atoms with van der Waals surface area (Å²) in [6.45, 7) is 3.92. The average molecular weight is 497 g/mol. The van der Waals surface area contributed by atoms with Crippen LogP contribution in [0.25, 0.3) is 0 Å². The maximum atomic E-state index is 15.1. The van der Waals surface area contributed by atoms with Crippen LogP contribution in [0.15, 0.2) is 65.7 Å². The Morgan fingerprint density at radius 3 is 2.17 bits per heavy atom. The van der Waals surface area contributed by atoms with E-state index < -0.39 is 29.6 Å². The number of carboxylic acids is 1. The number of aliphatic imine (C=N–C) groups is 1. The van der Waals surface area contributed by atoms with E-state index in [1.165, 1.54) is 48.5 Å². The summed E-state index contributed by atoms with van der Waals surface area (Å²) in [7, 11) is 0. The number of aliphatic carboxylic acids is 1. The van der Waals surface area contributed by atoms with Crippen LogP contribution in [0.4, 0.5) is 14.5 Å². The van der Waals surface area contributed by atoms with E-state index in [-0.39, 0.29) is 35.1 Å². The van der Waals surface area contributed by atoms with Crippen LogP contribution < -0.4 is 20.5 Å². The Labute approximate surface area is 206 Å². The fourth-order valence-electron chi connectivity index (χ4n) is 3.32. The lowest BCUT2D eigenvalue weighted by Crippen LogP contribution is -2.22. The predicted molar refractivity (Wildman–Crippen MR) is 131 cm³/mol. The molecule has 0 saturated carbocycles. The molecule has 3 rings (SSSR count). The second-order valence-electron chi connectivity index (χ2n) is 7.49. The fraction of sp³-hybridized carbons (Fsp3) is 0.192. The molecule has 0 aromatic heterocycles. The van der Waals surface area contributed by atoms with Gasteiger partial charge in [-0.3, -0.25) is 4.79 Å². The monoisotopic (exact) mass is 497 g/mol. The van der Waals surface area contributed by atoms with Crippen LogP contribution in [0, 0.1) is 11.6 Å². The van der Waals surface area contributed by atoms with Gasteiger partial charge in [0.1, 0.15) is 17.4 Å². The Kier molecular flexibility index (Phi) is 8.56. The largest absolute Gasteiger partial charge is 0.494 e. The molecule has 0 fully saturated rings. The molecule has 1 amide bonds. The molecule has 0 aliphatic carbocycles. The van der Waals surface area contributed by atoms with Crippen molar-refractivity contribution in [1.29, 1.82) is 0 Å². The van der Waals surface area contributed by atoms with Gasteiger partial charge in [-0.1, -0.05) is 0 Å². The van der Waals surface area contributed by atoms with E-state index in [2.05, 4.69) is 10.3 Å². The molecule has 3 aromatic rings. The Bertz CT molecular complexity index is 1260. The molecule has 1 atom stereocenters. The zero-order chi connectivity index (χ0) is 26.2. The first-order valence-corrected chi connectivity index (χ1v) is 11.1. The Hall–Kier alpha value is -4.47. The molecule has 0 heterocycles. The van der Waals surface area contributed by atoms with Crippen molar-refractivity contribution < 1.29 is 33.0 Å². The maximum Gasteiger partial charge on any atom is 0.330 e. The number of carboxylic acid groups (broad SMARTS) is 1. The van der Waals surface area contributed by atoms with Crippen LogP contribution in [0.5, 0.6) is 11.5 Å². The number of benzene rings is 3. The van der Waals surface area contributed by atoms with Gasteiger partial charge in [0, 0.05) is 28.4 Å². The Morgan fingerprint density at radius 2 is 1.58 bits per heavy atom. The highest BCUT2D eigenvalue weighted by molar-refractivity contribution is 6.08. The van der Waals surface area contributed by atoms with Crippen molar-refractivity contribution >= 4 is 23.4 Å². The number of amidine groups is 1. The molecule has 8 nitrogen and oxygen atoms in total. The van der Waals surface area contributed by atoms with Gasteiger partial charge in [0.2, 0.25) is 0 Å². The van der Waals surface area contributed by atoms with Crippen LogP contribution in [0.2, 0.25) is 0 Å². The summed E-state index contributed by atoms with van der Waals surface area (Å²) in [5, 5.41) is 12.6. The molecule has 10 heteroatoms. The molecule has 4 N–H and O–H groups in total. The number of hydrogen-bond acceptors (Lipinski definition) is 5. The van der Waals surface area contributed by atoms with Crippen molar-refractivity contribution in [2.75, 3.05) is 18.5 Å². The number of anilines is 1. The van der Waals surface area contributed by atoms with Gasteiger partial charge in [-0.2, -0.15) is 4.99 Å². The minimum atomic E-state index is -1.46. The SMILES string of the molecule is CCOc1cc(OCC)c(F)c(C(Nc2ccc(C(N)=NC(=O)c3ccc(F)cc3)cc2)C(=O)O)c1. The molecule has 0 aliphatic heterocycles. The fourth-order valence-corrected chi connectivity index (χ4v) is 3.32. The van der Waals surface area contributed by atoms with Gasteiger partial charge in [-0.05, 0) is 68.4 Å². The predicted octanol–water partition coefficient (Wildman–Crippen LogP) is 4.55. The van der Waals surface area contributed by atoms with E-state index in [0.717, 1.165) is 12.1 Å². The number of hydrogen-bond donors (Lipinski definition) is 3. The zero-order valence-corrected chi connectivity index (χ0v) is 19.6. The lowest BCUT2D eigenvalue weighted by Gasteiger charge is -2.20. The zero-order valence-electron chi connectivity index (χ0n) is 19.6. The summed E-state index contributed by atoms with van der Waals surface area (Å²) in [6, 6.07) is 12.2. The number of carbonyl (C=O) groups excluding carboxylic acids is 1. The molecule has 1 unspecified atom stereocenters. The molecule has 36 heavy (non-hydrogen) atoms. The third kappa shape index (κ3) is 6.35. The van der Waals surface area contributed by atoms with Crippen LogP contribution >= 0.6 is 0 Å². The quantitative estimate of drug-likeness (QED) is 0.277. The lowest BCUT2D eigenvalue weighted by molar-refractivity contribution is -0.138. The van der Waals surface area contributed by atoms with Crippen molar-refractivity contribution in [3.63, 3.8) is 0 Å². The third-order valence-corrected chi connectivity index (χ3v) is 5.01. The van der Waals surface area contributed by atoms with E-state index in [4.69, 9.17) is 15.2 Å². The van der Waals surface area contributed by atoms with E-state index >= 15 is 4.39 Å². The number of ether oxygens (including phenoxy) is 2. The summed E-state index contributed by atoms with van der Waals surface area (Å²) >= 11 is 0. The first-order valence-electron chi connectivity index (χ1n) is 11.1. The van der Waals surface area contributed by atoms with Gasteiger partial charge in [0.25, 0.3) is 5.91 Å². The minimum Gasteiger partial charge on any atom is -0.494 e. The summed E-state index contributed by atoms with van der Waals surface area (Å²) < 4.78 is 38.9. The van der Waals surface area contributed by atoms with Crippen LogP contribution in [0.1, 0.15) is 41.4 Å². The molecule has 188 valence electrons. The van der Waals surface area contributed by atoms with Crippen molar-refractivity contribution in [1.82, 2.24) is 0 Å². The van der Waals surface area contributed by atoms with Crippen molar-refractivity contribution in [3.05, 3.63) is 89.0 Å². The number of nitrogens with one attached hydrogen (secondary N) is 1. The first kappa shape index (κ1) is 26.1. The first-order chi connectivity index (χ1) is 17.2. The molecular formula is C26H25F2N3O5. The molecule has 3 aromatic carbocycles. The standard InChI is InChI=1S/C26H25F2N3O5/c1-3-35-19-13-20(22(28)21(14-19)36-4-2)23(26(33)34)30-18-11-7-15(8-12-18)24(29)31-25(32)16-5-9-17(27)10-6-16/h5-14,23,30H,3-4H2,1-2H3,(H,33,34)(H2,29,31,32). The Balaban J connectivity index is 1.84. The summed E-state index contributed by atoms with van der Waals surface area (Å²) in [6.07, 6.45) is 0. The molecule has 0 bridgehead atoms. The number of nitrogens with two attached hydrogens (primary N) is 1. The van der Waals surface area contributed by atoms with Crippen LogP contribution in [0.3, 0.4) is 0 Å². The van der Waals surface area contributed by atoms with Crippen LogP contribution in [-0.4, -0.2) is 36.0 Å². The Morgan fingerprint density at radius 1 is 0.972 bits per heavy atom. The van der Waals surface area contributed by atoms with Crippen molar-refractivity contribution in [2.45, 2.75) is 19.9 Å². The lowest BCUT2D eigenvalue weighted by atomic mass is 10.0. The van der Waals surface area contributed by atoms with Gasteiger partial charge in [0.05, 0.1) is 13.2 Å². The summed E-state index contributed by atoms with van der Waals surface area (Å²) in [5.41, 5.74) is 6.68. The van der Waals surface area contributed by atoms with E-state index in [0.29, 0.717) is 17.9 Å². The number of nitrogens with zero attached hydrogens (tertiary/aromatic N) is 1. The molecule has 0 spiro atoms. The van der Waals surface area contributed by atoms with Gasteiger partial charge in [0.15, 0.2) is 17.6 Å². The molecule has 0 radical (unpaired) electrons. The van der Waals surface area contributed by atoms with Gasteiger partial charge in [-0.15, -0.1) is 0 Å². The van der Waals surface area contributed by atoms with E-state index in [1.54, 1.807) is 13.8 Å². The van der Waals surface area contributed by atoms with Crippen molar-refractivity contribution in [2.24, 2.45) is 10.7 Å². The highest BCUT2D eigenvalue weighted by atomic mass is 19.1. The maximum absolute atomic E-state index is 15.1. The molecule has 0 saturated heterocycles. The molecular weight excluding hydrogens is 472 g/mol. The van der Waals surface area contributed by atoms with E-state index in [1.807, 2.05) is 0 Å². The topological polar surface area (TPSA) is 123 Å². The molecule has 0 aliphatic rings.